The number of anilines is 1. The van der Waals surface area contributed by atoms with Gasteiger partial charge < -0.3 is 4.42 Å². The number of aromatic nitrogens is 2. The molecule has 0 aliphatic heterocycles. The van der Waals surface area contributed by atoms with Gasteiger partial charge >= 0.3 is 5.88 Å². The minimum atomic E-state index is -0.711. The Bertz CT molecular complexity index is 591. The fraction of sp³-hybridized carbons (Fsp3) is 0.222. The molecule has 2 aromatic rings. The number of hydrogen-bond acceptors (Lipinski definition) is 7. The van der Waals surface area contributed by atoms with Crippen LogP contribution in [0.1, 0.15) is 22.5 Å². The van der Waals surface area contributed by atoms with Gasteiger partial charge in [0.1, 0.15) is 9.93 Å². The number of nitrogens with one attached hydrogen (secondary N) is 1. The summed E-state index contributed by atoms with van der Waals surface area (Å²) in [5, 5.41) is 21.6. The predicted molar refractivity (Wildman–Crippen MR) is 62.6 cm³/mol. The van der Waals surface area contributed by atoms with E-state index in [9.17, 15) is 14.9 Å². The zero-order chi connectivity index (χ0) is 13.1. The number of carbonyl (C=O) groups excluding carboxylic acids is 1. The molecule has 0 unspecified atom stereocenters. The van der Waals surface area contributed by atoms with Crippen molar-refractivity contribution >= 4 is 28.3 Å². The maximum absolute atomic E-state index is 11.7. The van der Waals surface area contributed by atoms with Crippen molar-refractivity contribution < 1.29 is 14.1 Å². The SMILES string of the molecule is CCc1nnc(NC(=O)c2ccc([N+](=O)[O-])o2)s1. The maximum Gasteiger partial charge on any atom is 0.433 e. The number of aryl methyl sites for hydroxylation is 1. The Morgan fingerprint density at radius 1 is 1.56 bits per heavy atom. The van der Waals surface area contributed by atoms with Crippen molar-refractivity contribution in [1.82, 2.24) is 10.2 Å². The van der Waals surface area contributed by atoms with E-state index in [0.717, 1.165) is 17.5 Å². The molecule has 8 nitrogen and oxygen atoms in total. The van der Waals surface area contributed by atoms with E-state index < -0.39 is 16.7 Å². The molecule has 0 aromatic carbocycles. The summed E-state index contributed by atoms with van der Waals surface area (Å²) in [6, 6.07) is 2.35. The van der Waals surface area contributed by atoms with Crippen LogP contribution in [0.5, 0.6) is 0 Å². The number of amides is 1. The summed E-state index contributed by atoms with van der Waals surface area (Å²) in [5.74, 6) is -1.22. The highest BCUT2D eigenvalue weighted by Gasteiger charge is 2.18. The molecular formula is C9H8N4O4S. The third kappa shape index (κ3) is 2.51. The van der Waals surface area contributed by atoms with Crippen molar-refractivity contribution in [2.75, 3.05) is 5.32 Å². The quantitative estimate of drug-likeness (QED) is 0.669. The van der Waals surface area contributed by atoms with Gasteiger partial charge in [-0.25, -0.2) is 0 Å². The molecule has 0 atom stereocenters. The van der Waals surface area contributed by atoms with Crippen molar-refractivity contribution in [3.63, 3.8) is 0 Å². The first-order valence-corrected chi connectivity index (χ1v) is 5.79. The highest BCUT2D eigenvalue weighted by Crippen LogP contribution is 2.19. The van der Waals surface area contributed by atoms with Gasteiger partial charge in [-0.1, -0.05) is 18.3 Å². The lowest BCUT2D eigenvalue weighted by molar-refractivity contribution is -0.402. The van der Waals surface area contributed by atoms with Crippen LogP contribution in [0.25, 0.3) is 0 Å². The van der Waals surface area contributed by atoms with E-state index in [-0.39, 0.29) is 5.76 Å². The van der Waals surface area contributed by atoms with Gasteiger partial charge in [-0.3, -0.25) is 20.2 Å². The van der Waals surface area contributed by atoms with E-state index in [0.29, 0.717) is 5.13 Å². The van der Waals surface area contributed by atoms with Crippen LogP contribution in [-0.4, -0.2) is 21.0 Å². The van der Waals surface area contributed by atoms with Crippen molar-refractivity contribution in [2.24, 2.45) is 0 Å². The van der Waals surface area contributed by atoms with Gasteiger partial charge in [0.15, 0.2) is 5.76 Å². The van der Waals surface area contributed by atoms with Gasteiger partial charge in [0.2, 0.25) is 5.13 Å². The summed E-state index contributed by atoms with van der Waals surface area (Å²) in [4.78, 5) is 21.3. The minimum absolute atomic E-state index is 0.144. The molecule has 0 bridgehead atoms. The first-order chi connectivity index (χ1) is 8.60. The van der Waals surface area contributed by atoms with E-state index in [1.807, 2.05) is 6.92 Å². The molecule has 9 heteroatoms. The fourth-order valence-electron chi connectivity index (χ4n) is 1.15. The predicted octanol–water partition coefficient (Wildman–Crippen LogP) is 1.85. The van der Waals surface area contributed by atoms with E-state index in [1.165, 1.54) is 17.4 Å². The smallest absolute Gasteiger partial charge is 0.395 e. The summed E-state index contributed by atoms with van der Waals surface area (Å²) in [6.07, 6.45) is 0.722. The summed E-state index contributed by atoms with van der Waals surface area (Å²) in [6.45, 7) is 1.92. The molecule has 0 radical (unpaired) electrons. The van der Waals surface area contributed by atoms with Crippen LogP contribution in [0.4, 0.5) is 11.0 Å². The van der Waals surface area contributed by atoms with E-state index in [4.69, 9.17) is 4.42 Å². The van der Waals surface area contributed by atoms with E-state index in [2.05, 4.69) is 15.5 Å². The summed E-state index contributed by atoms with van der Waals surface area (Å²) < 4.78 is 4.76. The molecule has 0 saturated heterocycles. The third-order valence-corrected chi connectivity index (χ3v) is 2.97. The molecule has 0 aliphatic carbocycles. The average Bonchev–Trinajstić information content (AvgIpc) is 2.97. The third-order valence-electron chi connectivity index (χ3n) is 1.99. The minimum Gasteiger partial charge on any atom is -0.395 e. The van der Waals surface area contributed by atoms with Crippen LogP contribution >= 0.6 is 11.3 Å². The Morgan fingerprint density at radius 2 is 2.33 bits per heavy atom. The average molecular weight is 268 g/mol. The monoisotopic (exact) mass is 268 g/mol. The topological polar surface area (TPSA) is 111 Å². The zero-order valence-electron chi connectivity index (χ0n) is 9.24. The molecular weight excluding hydrogens is 260 g/mol. The van der Waals surface area contributed by atoms with Crippen LogP contribution in [0.2, 0.25) is 0 Å². The highest BCUT2D eigenvalue weighted by atomic mass is 32.1. The Morgan fingerprint density at radius 3 is 2.89 bits per heavy atom. The molecule has 2 aromatic heterocycles. The molecule has 0 saturated carbocycles. The van der Waals surface area contributed by atoms with Gasteiger partial charge in [-0.05, 0) is 12.5 Å². The summed E-state index contributed by atoms with van der Waals surface area (Å²) in [5.41, 5.74) is 0. The fourth-order valence-corrected chi connectivity index (χ4v) is 1.83. The largest absolute Gasteiger partial charge is 0.433 e. The van der Waals surface area contributed by atoms with Crippen molar-refractivity contribution in [1.29, 1.82) is 0 Å². The standard InChI is InChI=1S/C9H8N4O4S/c1-2-6-11-12-9(18-6)10-8(14)5-3-4-7(17-5)13(15)16/h3-4H,2H2,1H3,(H,10,12,14). The first-order valence-electron chi connectivity index (χ1n) is 4.98. The Labute approximate surface area is 105 Å². The Kier molecular flexibility index (Phi) is 3.33. The second kappa shape index (κ2) is 4.92. The number of rotatable bonds is 4. The molecule has 2 rings (SSSR count). The lowest BCUT2D eigenvalue weighted by Gasteiger charge is -1.95. The first kappa shape index (κ1) is 12.2. The molecule has 0 aliphatic rings. The summed E-state index contributed by atoms with van der Waals surface area (Å²) in [7, 11) is 0. The zero-order valence-corrected chi connectivity index (χ0v) is 10.1. The summed E-state index contributed by atoms with van der Waals surface area (Å²) >= 11 is 1.24. The van der Waals surface area contributed by atoms with Crippen molar-refractivity contribution in [2.45, 2.75) is 13.3 Å². The molecule has 0 fully saturated rings. The Balaban J connectivity index is 2.09. The van der Waals surface area contributed by atoms with E-state index in [1.54, 1.807) is 0 Å². The van der Waals surface area contributed by atoms with Gasteiger partial charge in [0.05, 0.1) is 6.07 Å². The molecule has 1 N–H and O–H groups in total. The number of nitrogens with zero attached hydrogens (tertiary/aromatic N) is 3. The molecule has 1 amide bonds. The molecule has 94 valence electrons. The van der Waals surface area contributed by atoms with Crippen molar-refractivity contribution in [3.05, 3.63) is 33.0 Å². The highest BCUT2D eigenvalue weighted by molar-refractivity contribution is 7.15. The molecule has 2 heterocycles. The Hall–Kier alpha value is -2.29. The number of carbonyl (C=O) groups is 1. The van der Waals surface area contributed by atoms with Crippen LogP contribution < -0.4 is 5.32 Å². The van der Waals surface area contributed by atoms with Crippen molar-refractivity contribution in [3.8, 4) is 0 Å². The lowest BCUT2D eigenvalue weighted by Crippen LogP contribution is -2.10. The number of furan rings is 1. The van der Waals surface area contributed by atoms with Gasteiger partial charge in [0, 0.05) is 0 Å². The van der Waals surface area contributed by atoms with Gasteiger partial charge in [0.25, 0.3) is 5.91 Å². The van der Waals surface area contributed by atoms with Crippen LogP contribution in [0, 0.1) is 10.1 Å². The normalized spacial score (nSPS) is 10.3. The second-order valence-electron chi connectivity index (χ2n) is 3.20. The maximum atomic E-state index is 11.7. The van der Waals surface area contributed by atoms with E-state index >= 15 is 0 Å². The van der Waals surface area contributed by atoms with Crippen LogP contribution in [0.3, 0.4) is 0 Å². The lowest BCUT2D eigenvalue weighted by atomic mass is 10.4. The molecule has 18 heavy (non-hydrogen) atoms. The van der Waals surface area contributed by atoms with Gasteiger partial charge in [-0.15, -0.1) is 10.2 Å². The second-order valence-corrected chi connectivity index (χ2v) is 4.27. The molecule has 0 spiro atoms. The number of nitro groups is 1. The van der Waals surface area contributed by atoms with Gasteiger partial charge in [-0.2, -0.15) is 0 Å². The van der Waals surface area contributed by atoms with Crippen LogP contribution in [0.15, 0.2) is 16.5 Å². The van der Waals surface area contributed by atoms with Crippen LogP contribution in [-0.2, 0) is 6.42 Å². The number of hydrogen-bond donors (Lipinski definition) is 1.